The number of hydrogen-bond acceptors (Lipinski definition) is 1. The molecule has 20 heavy (non-hydrogen) atoms. The van der Waals surface area contributed by atoms with E-state index in [1.54, 1.807) is 18.2 Å². The molecule has 0 heterocycles. The van der Waals surface area contributed by atoms with E-state index >= 15 is 0 Å². The van der Waals surface area contributed by atoms with E-state index in [1.807, 2.05) is 32.0 Å². The average molecular weight is 319 g/mol. The first kappa shape index (κ1) is 17.8. The van der Waals surface area contributed by atoms with Crippen LogP contribution in [0.3, 0.4) is 0 Å². The van der Waals surface area contributed by atoms with E-state index < -0.39 is 0 Å². The van der Waals surface area contributed by atoms with Crippen molar-refractivity contribution in [3.63, 3.8) is 0 Å². The number of rotatable bonds is 3. The quantitative estimate of drug-likeness (QED) is 0.624. The van der Waals surface area contributed by atoms with E-state index in [-0.39, 0.29) is 34.4 Å². The Morgan fingerprint density at radius 2 is 1.45 bits per heavy atom. The van der Waals surface area contributed by atoms with Crippen LogP contribution in [0.15, 0.2) is 36.4 Å². The normalized spacial score (nSPS) is 10.6. The molecule has 0 aromatic heterocycles. The molecule has 0 saturated heterocycles. The summed E-state index contributed by atoms with van der Waals surface area (Å²) in [6.45, 7) is 4.02. The second-order valence-corrected chi connectivity index (χ2v) is 6.34. The Balaban J connectivity index is 0.00000200. The summed E-state index contributed by atoms with van der Waals surface area (Å²) in [6.07, 6.45) is 0. The van der Waals surface area contributed by atoms with Gasteiger partial charge in [-0.3, -0.25) is 4.79 Å². The van der Waals surface area contributed by atoms with Crippen LogP contribution in [0.25, 0.3) is 0 Å². The first-order valence-corrected chi connectivity index (χ1v) is 7.58. The van der Waals surface area contributed by atoms with Crippen LogP contribution in [0.1, 0.15) is 22.9 Å². The summed E-state index contributed by atoms with van der Waals surface area (Å²) in [5.74, 6) is 0. The summed E-state index contributed by atoms with van der Waals surface area (Å²) in [6, 6.07) is 11.1. The SMILES string of the molecule is Cc1cccc(C)c1PC(=O)c1c(Cl)cccc1Cl.[H-].[Li+]. The van der Waals surface area contributed by atoms with Crippen LogP contribution in [0.2, 0.25) is 10.0 Å². The van der Waals surface area contributed by atoms with Crippen LogP contribution < -0.4 is 24.2 Å². The summed E-state index contributed by atoms with van der Waals surface area (Å²) in [5.41, 5.74) is 2.64. The van der Waals surface area contributed by atoms with Gasteiger partial charge in [0.15, 0.2) is 5.52 Å². The van der Waals surface area contributed by atoms with Crippen molar-refractivity contribution in [2.45, 2.75) is 13.8 Å². The predicted octanol–water partition coefficient (Wildman–Crippen LogP) is 1.87. The molecular formula is C15H14Cl2LiOP. The minimum Gasteiger partial charge on any atom is -1.00 e. The maximum Gasteiger partial charge on any atom is 1.00 e. The van der Waals surface area contributed by atoms with Gasteiger partial charge in [-0.1, -0.05) is 47.5 Å². The monoisotopic (exact) mass is 318 g/mol. The molecule has 0 saturated carbocycles. The molecule has 0 bridgehead atoms. The molecule has 2 aromatic rings. The van der Waals surface area contributed by atoms with Gasteiger partial charge in [-0.15, -0.1) is 0 Å². The third-order valence-electron chi connectivity index (χ3n) is 2.91. The first-order chi connectivity index (χ1) is 9.00. The van der Waals surface area contributed by atoms with Gasteiger partial charge < -0.3 is 1.43 Å². The number of carbonyl (C=O) groups is 1. The van der Waals surface area contributed by atoms with Crippen molar-refractivity contribution in [1.82, 2.24) is 0 Å². The summed E-state index contributed by atoms with van der Waals surface area (Å²) in [7, 11) is 0.0384. The molecule has 0 amide bonds. The van der Waals surface area contributed by atoms with Crippen LogP contribution in [-0.4, -0.2) is 5.52 Å². The Bertz CT molecular complexity index is 609. The first-order valence-electron chi connectivity index (χ1n) is 5.82. The fourth-order valence-electron chi connectivity index (χ4n) is 1.90. The molecule has 0 spiro atoms. The molecule has 0 aliphatic rings. The molecule has 0 aliphatic carbocycles. The molecule has 5 heteroatoms. The van der Waals surface area contributed by atoms with E-state index in [0.717, 1.165) is 16.4 Å². The number of aryl methyl sites for hydroxylation is 2. The molecule has 1 atom stereocenters. The van der Waals surface area contributed by atoms with Gasteiger partial charge in [-0.2, -0.15) is 0 Å². The smallest absolute Gasteiger partial charge is 1.00 e. The van der Waals surface area contributed by atoms with Gasteiger partial charge in [0.1, 0.15) is 0 Å². The maximum atomic E-state index is 12.4. The molecule has 1 nitrogen and oxygen atoms in total. The largest absolute Gasteiger partial charge is 1.00 e. The third-order valence-corrected chi connectivity index (χ3v) is 5.06. The molecule has 0 fully saturated rings. The molecule has 100 valence electrons. The van der Waals surface area contributed by atoms with Crippen molar-refractivity contribution in [1.29, 1.82) is 0 Å². The molecule has 1 unspecified atom stereocenters. The molecule has 0 N–H and O–H groups in total. The summed E-state index contributed by atoms with van der Waals surface area (Å²) >= 11 is 12.1. The molecule has 0 radical (unpaired) electrons. The van der Waals surface area contributed by atoms with Crippen LogP contribution in [0.5, 0.6) is 0 Å². The fourth-order valence-corrected chi connectivity index (χ4v) is 3.81. The van der Waals surface area contributed by atoms with Crippen molar-refractivity contribution < 1.29 is 25.1 Å². The molecular weight excluding hydrogens is 305 g/mol. The van der Waals surface area contributed by atoms with E-state index in [1.165, 1.54) is 0 Å². The Morgan fingerprint density at radius 1 is 1.00 bits per heavy atom. The van der Waals surface area contributed by atoms with E-state index in [0.29, 0.717) is 15.6 Å². The zero-order chi connectivity index (χ0) is 14.0. The Labute approximate surface area is 144 Å². The number of halogens is 2. The average Bonchev–Trinajstić information content (AvgIpc) is 2.34. The van der Waals surface area contributed by atoms with Gasteiger partial charge in [0, 0.05) is 0 Å². The maximum absolute atomic E-state index is 12.4. The van der Waals surface area contributed by atoms with Crippen molar-refractivity contribution >= 4 is 42.6 Å². The fraction of sp³-hybridized carbons (Fsp3) is 0.133. The number of hydrogen-bond donors (Lipinski definition) is 0. The van der Waals surface area contributed by atoms with E-state index in [4.69, 9.17) is 23.2 Å². The summed E-state index contributed by atoms with van der Waals surface area (Å²) in [5, 5.41) is 1.90. The van der Waals surface area contributed by atoms with Crippen LogP contribution >= 0.6 is 31.8 Å². The van der Waals surface area contributed by atoms with Crippen molar-refractivity contribution in [2.75, 3.05) is 0 Å². The van der Waals surface area contributed by atoms with Gasteiger partial charge in [0.05, 0.1) is 15.6 Å². The van der Waals surface area contributed by atoms with Gasteiger partial charge in [0.2, 0.25) is 0 Å². The Hall–Kier alpha value is -0.283. The minimum atomic E-state index is -0.0204. The van der Waals surface area contributed by atoms with Gasteiger partial charge in [-0.05, 0) is 51.0 Å². The second-order valence-electron chi connectivity index (χ2n) is 4.32. The number of benzene rings is 2. The predicted molar refractivity (Wildman–Crippen MR) is 85.8 cm³/mol. The Kier molecular flexibility index (Phi) is 6.79. The van der Waals surface area contributed by atoms with Gasteiger partial charge in [0.25, 0.3) is 0 Å². The van der Waals surface area contributed by atoms with Crippen molar-refractivity contribution in [3.05, 3.63) is 63.1 Å². The van der Waals surface area contributed by atoms with Crippen LogP contribution in [-0.2, 0) is 0 Å². The minimum absolute atomic E-state index is 0. The van der Waals surface area contributed by atoms with Gasteiger partial charge >= 0.3 is 18.9 Å². The van der Waals surface area contributed by atoms with E-state index in [9.17, 15) is 4.79 Å². The van der Waals surface area contributed by atoms with Gasteiger partial charge in [-0.25, -0.2) is 0 Å². The number of carbonyl (C=O) groups excluding carboxylic acids is 1. The molecule has 2 rings (SSSR count). The summed E-state index contributed by atoms with van der Waals surface area (Å²) in [4.78, 5) is 12.4. The zero-order valence-corrected chi connectivity index (χ0v) is 14.1. The van der Waals surface area contributed by atoms with Crippen molar-refractivity contribution in [3.8, 4) is 0 Å². The molecule has 0 aliphatic heterocycles. The molecule has 2 aromatic carbocycles. The topological polar surface area (TPSA) is 17.1 Å². The third kappa shape index (κ3) is 3.88. The zero-order valence-electron chi connectivity index (χ0n) is 12.6. The van der Waals surface area contributed by atoms with Crippen molar-refractivity contribution in [2.24, 2.45) is 0 Å². The summed E-state index contributed by atoms with van der Waals surface area (Å²) < 4.78 is 0. The van der Waals surface area contributed by atoms with Crippen LogP contribution in [0, 0.1) is 13.8 Å². The Morgan fingerprint density at radius 3 is 1.95 bits per heavy atom. The van der Waals surface area contributed by atoms with Crippen LogP contribution in [0.4, 0.5) is 0 Å². The van der Waals surface area contributed by atoms with E-state index in [2.05, 4.69) is 0 Å². The standard InChI is InChI=1S/C15H13Cl2OP.Li.H/c1-9-5-3-6-10(2)14(9)19-15(18)13-11(16)7-4-8-12(13)17;;/h3-8,19H,1-2H3;;/q;+1;-1. The second kappa shape index (κ2) is 7.65.